The Hall–Kier alpha value is -1.88. The zero-order chi connectivity index (χ0) is 17.8. The van der Waals surface area contributed by atoms with Gasteiger partial charge in [0.2, 0.25) is 0 Å². The van der Waals surface area contributed by atoms with Crippen LogP contribution in [0.4, 0.5) is 17.6 Å². The Morgan fingerprint density at radius 2 is 1.83 bits per heavy atom. The van der Waals surface area contributed by atoms with E-state index in [2.05, 4.69) is 9.50 Å². The predicted molar refractivity (Wildman–Crippen MR) is 71.2 cm³/mol. The monoisotopic (exact) mass is 369 g/mol. The molecule has 132 valence electrons. The Bertz CT molecular complexity index is 799. The van der Waals surface area contributed by atoms with E-state index in [0.29, 0.717) is 32.0 Å². The summed E-state index contributed by atoms with van der Waals surface area (Å²) in [6, 6.07) is 1.26. The van der Waals surface area contributed by atoms with E-state index < -0.39 is 38.8 Å². The van der Waals surface area contributed by atoms with Crippen LogP contribution in [0, 0.1) is 5.82 Å². The molecule has 0 amide bonds. The van der Waals surface area contributed by atoms with Crippen LogP contribution >= 0.6 is 0 Å². The number of halogens is 4. The van der Waals surface area contributed by atoms with Crippen LogP contribution < -0.4 is 9.50 Å². The van der Waals surface area contributed by atoms with Gasteiger partial charge in [0.25, 0.3) is 0 Å². The van der Waals surface area contributed by atoms with Crippen molar-refractivity contribution in [1.29, 1.82) is 0 Å². The molecule has 1 fully saturated rings. The Labute approximate surface area is 133 Å². The number of rotatable bonds is 2. The van der Waals surface area contributed by atoms with Crippen LogP contribution in [0.2, 0.25) is 0 Å². The molecule has 0 radical (unpaired) electrons. The third-order valence-electron chi connectivity index (χ3n) is 3.93. The number of benzene rings is 1. The topological polar surface area (TPSA) is 81.7 Å². The van der Waals surface area contributed by atoms with Gasteiger partial charge in [0, 0.05) is 24.5 Å². The van der Waals surface area contributed by atoms with E-state index in [-0.39, 0.29) is 11.1 Å². The van der Waals surface area contributed by atoms with Crippen molar-refractivity contribution in [1.82, 2.24) is 5.32 Å². The predicted octanol–water partition coefficient (Wildman–Crippen LogP) is 1.80. The Kier molecular flexibility index (Phi) is 3.75. The SMILES string of the molecule is O=C1OC2(CCNCC2)c2c(F)cc(OS(=O)(=O)C(F)(F)F)cc21. The first kappa shape index (κ1) is 17.0. The van der Waals surface area contributed by atoms with Crippen molar-refractivity contribution in [3.05, 3.63) is 29.1 Å². The number of hydrogen-bond acceptors (Lipinski definition) is 6. The van der Waals surface area contributed by atoms with Crippen LogP contribution in [-0.2, 0) is 20.5 Å². The number of carbonyl (C=O) groups is 1. The lowest BCUT2D eigenvalue weighted by Gasteiger charge is -2.33. The van der Waals surface area contributed by atoms with Gasteiger partial charge in [-0.1, -0.05) is 0 Å². The molecule has 0 atom stereocenters. The molecule has 1 saturated heterocycles. The summed E-state index contributed by atoms with van der Waals surface area (Å²) in [5, 5.41) is 3.02. The van der Waals surface area contributed by atoms with Crippen LogP contribution in [0.1, 0.15) is 28.8 Å². The van der Waals surface area contributed by atoms with Crippen molar-refractivity contribution in [2.75, 3.05) is 13.1 Å². The first-order valence-electron chi connectivity index (χ1n) is 6.85. The Morgan fingerprint density at radius 1 is 1.21 bits per heavy atom. The van der Waals surface area contributed by atoms with E-state index >= 15 is 0 Å². The third-order valence-corrected chi connectivity index (χ3v) is 4.91. The summed E-state index contributed by atoms with van der Waals surface area (Å²) in [6.45, 7) is 0.930. The van der Waals surface area contributed by atoms with Gasteiger partial charge in [-0.15, -0.1) is 0 Å². The molecule has 2 aliphatic rings. The minimum absolute atomic E-state index is 0.0780. The second-order valence-electron chi connectivity index (χ2n) is 5.44. The van der Waals surface area contributed by atoms with Crippen molar-refractivity contribution in [3.8, 4) is 5.75 Å². The smallest absolute Gasteiger partial charge is 0.450 e. The molecule has 0 saturated carbocycles. The average Bonchev–Trinajstić information content (AvgIpc) is 2.70. The van der Waals surface area contributed by atoms with Gasteiger partial charge in [0.15, 0.2) is 0 Å². The molecule has 2 heterocycles. The molecular weight excluding hydrogens is 358 g/mol. The number of ether oxygens (including phenoxy) is 1. The number of alkyl halides is 3. The minimum atomic E-state index is -5.96. The highest BCUT2D eigenvalue weighted by molar-refractivity contribution is 7.88. The number of fused-ring (bicyclic) bond motifs is 2. The molecule has 24 heavy (non-hydrogen) atoms. The van der Waals surface area contributed by atoms with Crippen molar-refractivity contribution in [2.24, 2.45) is 0 Å². The molecular formula is C13H11F4NO5S. The highest BCUT2D eigenvalue weighted by atomic mass is 32.2. The fourth-order valence-electron chi connectivity index (χ4n) is 2.89. The molecule has 0 unspecified atom stereocenters. The quantitative estimate of drug-likeness (QED) is 0.371. The van der Waals surface area contributed by atoms with Gasteiger partial charge in [-0.25, -0.2) is 9.18 Å². The number of carbonyl (C=O) groups excluding carboxylic acids is 1. The first-order chi connectivity index (χ1) is 11.1. The highest BCUT2D eigenvalue weighted by Gasteiger charge is 2.51. The maximum absolute atomic E-state index is 14.4. The fourth-order valence-corrected chi connectivity index (χ4v) is 3.34. The number of piperidine rings is 1. The normalized spacial score (nSPS) is 19.9. The first-order valence-corrected chi connectivity index (χ1v) is 8.25. The molecule has 6 nitrogen and oxygen atoms in total. The maximum Gasteiger partial charge on any atom is 0.534 e. The van der Waals surface area contributed by atoms with Crippen LogP contribution in [0.25, 0.3) is 0 Å². The number of hydrogen-bond donors (Lipinski definition) is 1. The summed E-state index contributed by atoms with van der Waals surface area (Å²) in [4.78, 5) is 12.0. The minimum Gasteiger partial charge on any atom is -0.450 e. The van der Waals surface area contributed by atoms with Gasteiger partial charge in [-0.3, -0.25) is 0 Å². The van der Waals surface area contributed by atoms with Crippen molar-refractivity contribution < 1.29 is 39.7 Å². The van der Waals surface area contributed by atoms with Gasteiger partial charge in [-0.05, 0) is 19.2 Å². The van der Waals surface area contributed by atoms with Gasteiger partial charge in [-0.2, -0.15) is 21.6 Å². The average molecular weight is 369 g/mol. The van der Waals surface area contributed by atoms with E-state index in [1.807, 2.05) is 0 Å². The molecule has 0 aromatic heterocycles. The van der Waals surface area contributed by atoms with E-state index in [1.54, 1.807) is 0 Å². The van der Waals surface area contributed by atoms with E-state index in [4.69, 9.17) is 4.74 Å². The summed E-state index contributed by atoms with van der Waals surface area (Å²) in [5.41, 5.74) is -7.27. The standard InChI is InChI=1S/C13H11F4NO5S/c14-9-6-7(23-24(20,21)13(15,16)17)5-8-10(9)12(22-11(8)19)1-3-18-4-2-12/h5-6,18H,1-4H2. The van der Waals surface area contributed by atoms with Crippen molar-refractivity contribution in [3.63, 3.8) is 0 Å². The van der Waals surface area contributed by atoms with E-state index in [0.717, 1.165) is 6.07 Å². The molecule has 1 N–H and O–H groups in total. The van der Waals surface area contributed by atoms with Gasteiger partial charge < -0.3 is 14.2 Å². The van der Waals surface area contributed by atoms with Gasteiger partial charge >= 0.3 is 21.6 Å². The highest BCUT2D eigenvalue weighted by Crippen LogP contribution is 2.45. The largest absolute Gasteiger partial charge is 0.534 e. The second kappa shape index (κ2) is 5.31. The molecule has 1 aromatic rings. The summed E-state index contributed by atoms with van der Waals surface area (Å²) in [6.07, 6.45) is 0.591. The van der Waals surface area contributed by atoms with E-state index in [9.17, 15) is 30.8 Å². The zero-order valence-electron chi connectivity index (χ0n) is 11.9. The summed E-state index contributed by atoms with van der Waals surface area (Å²) in [7, 11) is -5.96. The lowest BCUT2D eigenvalue weighted by Crippen LogP contribution is -2.40. The molecule has 0 aliphatic carbocycles. The van der Waals surface area contributed by atoms with Crippen LogP contribution in [0.15, 0.2) is 12.1 Å². The molecule has 1 spiro atoms. The molecule has 1 aromatic carbocycles. The van der Waals surface area contributed by atoms with Crippen LogP contribution in [0.3, 0.4) is 0 Å². The zero-order valence-corrected chi connectivity index (χ0v) is 12.8. The fraction of sp³-hybridized carbons (Fsp3) is 0.462. The third kappa shape index (κ3) is 2.61. The lowest BCUT2D eigenvalue weighted by atomic mass is 9.84. The molecule has 3 rings (SSSR count). The van der Waals surface area contributed by atoms with Gasteiger partial charge in [0.05, 0.1) is 5.56 Å². The van der Waals surface area contributed by atoms with Crippen LogP contribution in [0.5, 0.6) is 5.75 Å². The summed E-state index contributed by atoms with van der Waals surface area (Å²) >= 11 is 0. The van der Waals surface area contributed by atoms with Gasteiger partial charge in [0.1, 0.15) is 17.2 Å². The summed E-state index contributed by atoms with van der Waals surface area (Å²) < 4.78 is 82.6. The Balaban J connectivity index is 2.03. The number of nitrogens with one attached hydrogen (secondary N) is 1. The second-order valence-corrected chi connectivity index (χ2v) is 6.98. The molecule has 11 heteroatoms. The summed E-state index contributed by atoms with van der Waals surface area (Å²) in [5.74, 6) is -2.92. The van der Waals surface area contributed by atoms with Crippen molar-refractivity contribution >= 4 is 16.1 Å². The van der Waals surface area contributed by atoms with Crippen LogP contribution in [-0.4, -0.2) is 33.0 Å². The molecule has 0 bridgehead atoms. The molecule has 2 aliphatic heterocycles. The maximum atomic E-state index is 14.4. The van der Waals surface area contributed by atoms with E-state index in [1.165, 1.54) is 0 Å². The van der Waals surface area contributed by atoms with Crippen molar-refractivity contribution in [2.45, 2.75) is 24.0 Å². The lowest BCUT2D eigenvalue weighted by molar-refractivity contribution is -0.0500. The Morgan fingerprint density at radius 3 is 2.42 bits per heavy atom. The number of esters is 1.